The van der Waals surface area contributed by atoms with Crippen molar-refractivity contribution in [3.63, 3.8) is 0 Å². The van der Waals surface area contributed by atoms with E-state index in [1.54, 1.807) is 0 Å². The molecule has 2 aromatic rings. The molecule has 0 saturated carbocycles. The zero-order valence-electron chi connectivity index (χ0n) is 10.3. The monoisotopic (exact) mass is 297 g/mol. The van der Waals surface area contributed by atoms with E-state index in [-0.39, 0.29) is 0 Å². The SMILES string of the molecule is CCCCCC[Se]Cn1nnc2ccccc21. The Morgan fingerprint density at radius 3 is 2.94 bits per heavy atom. The fraction of sp³-hybridized carbons (Fsp3) is 0.538. The number of para-hydroxylation sites is 1. The zero-order valence-corrected chi connectivity index (χ0v) is 12.0. The molecular weight excluding hydrogens is 277 g/mol. The van der Waals surface area contributed by atoms with Gasteiger partial charge in [0, 0.05) is 0 Å². The van der Waals surface area contributed by atoms with Crippen LogP contribution in [0.5, 0.6) is 0 Å². The van der Waals surface area contributed by atoms with Gasteiger partial charge in [-0.1, -0.05) is 0 Å². The number of nitrogens with zero attached hydrogens (tertiary/aromatic N) is 3. The van der Waals surface area contributed by atoms with E-state index in [1.807, 2.05) is 12.1 Å². The summed E-state index contributed by atoms with van der Waals surface area (Å²) in [5.41, 5.74) is 3.23. The van der Waals surface area contributed by atoms with Crippen LogP contribution in [0.15, 0.2) is 24.3 Å². The summed E-state index contributed by atoms with van der Waals surface area (Å²) in [5, 5.41) is 9.74. The first-order valence-electron chi connectivity index (χ1n) is 6.28. The van der Waals surface area contributed by atoms with Gasteiger partial charge in [0.15, 0.2) is 0 Å². The second kappa shape index (κ2) is 6.77. The van der Waals surface area contributed by atoms with Crippen LogP contribution in [0.1, 0.15) is 32.6 Å². The van der Waals surface area contributed by atoms with Crippen LogP contribution in [-0.4, -0.2) is 30.0 Å². The Kier molecular flexibility index (Phi) is 5.02. The molecule has 0 unspecified atom stereocenters. The van der Waals surface area contributed by atoms with Gasteiger partial charge >= 0.3 is 109 Å². The summed E-state index contributed by atoms with van der Waals surface area (Å²) < 4.78 is 2.05. The van der Waals surface area contributed by atoms with Crippen LogP contribution in [0, 0.1) is 0 Å². The third-order valence-electron chi connectivity index (χ3n) is 2.78. The van der Waals surface area contributed by atoms with E-state index >= 15 is 0 Å². The van der Waals surface area contributed by atoms with Gasteiger partial charge < -0.3 is 0 Å². The first kappa shape index (κ1) is 12.6. The van der Waals surface area contributed by atoms with E-state index in [2.05, 4.69) is 34.1 Å². The summed E-state index contributed by atoms with van der Waals surface area (Å²) in [6.45, 7) is 2.26. The van der Waals surface area contributed by atoms with Gasteiger partial charge in [0.25, 0.3) is 0 Å². The topological polar surface area (TPSA) is 30.7 Å². The van der Waals surface area contributed by atoms with E-state index in [0.717, 1.165) is 11.0 Å². The summed E-state index contributed by atoms with van der Waals surface area (Å²) in [6.07, 6.45) is 5.46. The van der Waals surface area contributed by atoms with Gasteiger partial charge in [0.2, 0.25) is 0 Å². The standard InChI is InChI=1S/C13H19N3Se/c1-2-3-4-7-10-17-11-16-13-9-6-5-8-12(13)14-15-16/h5-6,8-9H,2-4,7,10-11H2,1H3. The molecule has 4 heteroatoms. The Labute approximate surface area is 109 Å². The molecule has 2 rings (SSSR count). The van der Waals surface area contributed by atoms with E-state index in [9.17, 15) is 0 Å². The molecule has 1 aromatic carbocycles. The molecule has 0 aliphatic carbocycles. The van der Waals surface area contributed by atoms with E-state index in [1.165, 1.54) is 36.5 Å². The molecule has 0 radical (unpaired) electrons. The number of aromatic nitrogens is 3. The van der Waals surface area contributed by atoms with Crippen molar-refractivity contribution in [3.05, 3.63) is 24.3 Å². The second-order valence-electron chi connectivity index (χ2n) is 4.18. The van der Waals surface area contributed by atoms with Crippen molar-refractivity contribution in [3.8, 4) is 0 Å². The minimum absolute atomic E-state index is 0.657. The van der Waals surface area contributed by atoms with Crippen LogP contribution < -0.4 is 0 Å². The predicted octanol–water partition coefficient (Wildman–Crippen LogP) is 3.09. The zero-order chi connectivity index (χ0) is 11.9. The molecule has 0 bridgehead atoms. The molecule has 1 aromatic heterocycles. The van der Waals surface area contributed by atoms with Crippen LogP contribution in [0.3, 0.4) is 0 Å². The summed E-state index contributed by atoms with van der Waals surface area (Å²) >= 11 is 0.657. The van der Waals surface area contributed by atoms with E-state index in [0.29, 0.717) is 15.0 Å². The van der Waals surface area contributed by atoms with Gasteiger partial charge in [0.1, 0.15) is 0 Å². The number of unbranched alkanes of at least 4 members (excludes halogenated alkanes) is 3. The van der Waals surface area contributed by atoms with Crippen molar-refractivity contribution < 1.29 is 0 Å². The average Bonchev–Trinajstić information content (AvgIpc) is 2.77. The molecule has 0 aliphatic rings. The molecule has 17 heavy (non-hydrogen) atoms. The van der Waals surface area contributed by atoms with Crippen LogP contribution in [0.2, 0.25) is 5.32 Å². The van der Waals surface area contributed by atoms with Crippen LogP contribution in [0.4, 0.5) is 0 Å². The molecule has 0 amide bonds. The van der Waals surface area contributed by atoms with Gasteiger partial charge in [-0.2, -0.15) is 0 Å². The molecule has 92 valence electrons. The molecule has 0 fully saturated rings. The van der Waals surface area contributed by atoms with Crippen molar-refractivity contribution in [2.75, 3.05) is 0 Å². The van der Waals surface area contributed by atoms with Crippen LogP contribution >= 0.6 is 0 Å². The Hall–Kier alpha value is -0.861. The minimum atomic E-state index is 0.657. The summed E-state index contributed by atoms with van der Waals surface area (Å²) in [6, 6.07) is 8.18. The third-order valence-corrected chi connectivity index (χ3v) is 4.88. The van der Waals surface area contributed by atoms with Crippen molar-refractivity contribution >= 4 is 26.0 Å². The molecule has 0 saturated heterocycles. The van der Waals surface area contributed by atoms with Gasteiger partial charge in [-0.05, 0) is 0 Å². The normalized spacial score (nSPS) is 11.1. The third kappa shape index (κ3) is 3.55. The number of rotatable bonds is 7. The molecule has 0 atom stereocenters. The Bertz CT molecular complexity index is 453. The average molecular weight is 296 g/mol. The second-order valence-corrected chi connectivity index (χ2v) is 6.43. The number of fused-ring (bicyclic) bond motifs is 1. The Balaban J connectivity index is 1.79. The van der Waals surface area contributed by atoms with Gasteiger partial charge in [0.05, 0.1) is 0 Å². The fourth-order valence-electron chi connectivity index (χ4n) is 1.79. The van der Waals surface area contributed by atoms with Crippen LogP contribution in [-0.2, 0) is 5.44 Å². The molecule has 3 nitrogen and oxygen atoms in total. The Morgan fingerprint density at radius 1 is 1.18 bits per heavy atom. The maximum atomic E-state index is 4.21. The van der Waals surface area contributed by atoms with Crippen molar-refractivity contribution in [2.24, 2.45) is 0 Å². The molecular formula is C13H19N3Se. The van der Waals surface area contributed by atoms with E-state index in [4.69, 9.17) is 0 Å². The van der Waals surface area contributed by atoms with Gasteiger partial charge in [-0.15, -0.1) is 0 Å². The maximum absolute atomic E-state index is 4.21. The van der Waals surface area contributed by atoms with Crippen molar-refractivity contribution in [2.45, 2.75) is 43.4 Å². The van der Waals surface area contributed by atoms with Crippen molar-refractivity contribution in [1.82, 2.24) is 15.0 Å². The number of hydrogen-bond donors (Lipinski definition) is 0. The summed E-state index contributed by atoms with van der Waals surface area (Å²) in [7, 11) is 0. The van der Waals surface area contributed by atoms with E-state index < -0.39 is 0 Å². The van der Waals surface area contributed by atoms with Gasteiger partial charge in [-0.3, -0.25) is 0 Å². The van der Waals surface area contributed by atoms with Gasteiger partial charge in [-0.25, -0.2) is 0 Å². The first-order chi connectivity index (χ1) is 8.42. The predicted molar refractivity (Wildman–Crippen MR) is 72.2 cm³/mol. The molecule has 0 spiro atoms. The summed E-state index contributed by atoms with van der Waals surface area (Å²) in [4.78, 5) is 0. The first-order valence-corrected chi connectivity index (χ1v) is 8.70. The fourth-order valence-corrected chi connectivity index (χ4v) is 3.69. The summed E-state index contributed by atoms with van der Waals surface area (Å²) in [5.74, 6) is 0. The molecule has 1 heterocycles. The number of benzene rings is 1. The van der Waals surface area contributed by atoms with Crippen LogP contribution in [0.25, 0.3) is 11.0 Å². The Morgan fingerprint density at radius 2 is 2.06 bits per heavy atom. The van der Waals surface area contributed by atoms with Crippen molar-refractivity contribution in [1.29, 1.82) is 0 Å². The molecule has 0 N–H and O–H groups in total. The number of hydrogen-bond acceptors (Lipinski definition) is 2. The quantitative estimate of drug-likeness (QED) is 0.580. The molecule has 0 aliphatic heterocycles.